The fourth-order valence-corrected chi connectivity index (χ4v) is 6.59. The zero-order valence-electron chi connectivity index (χ0n) is 20.9. The van der Waals surface area contributed by atoms with Gasteiger partial charge in [0.05, 0.1) is 5.92 Å². The molecule has 0 aliphatic carbocycles. The van der Waals surface area contributed by atoms with E-state index in [0.717, 1.165) is 21.6 Å². The van der Waals surface area contributed by atoms with Gasteiger partial charge in [0.1, 0.15) is 5.69 Å². The van der Waals surface area contributed by atoms with Gasteiger partial charge in [-0.05, 0) is 75.3 Å². The summed E-state index contributed by atoms with van der Waals surface area (Å²) >= 11 is 1.60. The second-order valence-electron chi connectivity index (χ2n) is 9.08. The SMILES string of the molecule is CSc1cccc(NC(=O)[C@@H]2CCCN(S(=O)(=O)c3c(C)noc3/C=C/c3cc(C)ccc3C)C2)c1. The predicted octanol–water partition coefficient (Wildman–Crippen LogP) is 5.53. The number of nitrogens with zero attached hydrogens (tertiary/aromatic N) is 2. The molecule has 1 saturated heterocycles. The first-order valence-corrected chi connectivity index (χ1v) is 14.5. The third kappa shape index (κ3) is 5.74. The highest BCUT2D eigenvalue weighted by Crippen LogP contribution is 2.30. The topological polar surface area (TPSA) is 92.5 Å². The zero-order chi connectivity index (χ0) is 25.9. The molecule has 0 radical (unpaired) electrons. The molecule has 3 aromatic rings. The minimum absolute atomic E-state index is 0.0535. The third-order valence-corrected chi connectivity index (χ3v) is 9.12. The first-order chi connectivity index (χ1) is 17.2. The number of anilines is 1. The fourth-order valence-electron chi connectivity index (χ4n) is 4.35. The Bertz CT molecular complexity index is 1400. The highest BCUT2D eigenvalue weighted by molar-refractivity contribution is 7.98. The Balaban J connectivity index is 1.54. The Hall–Kier alpha value is -2.88. The average molecular weight is 526 g/mol. The van der Waals surface area contributed by atoms with Crippen LogP contribution in [0.1, 0.15) is 41.0 Å². The van der Waals surface area contributed by atoms with E-state index >= 15 is 0 Å². The van der Waals surface area contributed by atoms with Gasteiger partial charge in [-0.3, -0.25) is 4.79 Å². The van der Waals surface area contributed by atoms with Gasteiger partial charge >= 0.3 is 0 Å². The summed E-state index contributed by atoms with van der Waals surface area (Å²) in [5.74, 6) is -0.431. The fraction of sp³-hybridized carbons (Fsp3) is 0.333. The van der Waals surface area contributed by atoms with E-state index in [0.29, 0.717) is 30.8 Å². The first kappa shape index (κ1) is 26.2. The van der Waals surface area contributed by atoms with E-state index < -0.39 is 15.9 Å². The minimum Gasteiger partial charge on any atom is -0.355 e. The molecule has 2 aromatic carbocycles. The molecular formula is C27H31N3O4S2. The molecule has 36 heavy (non-hydrogen) atoms. The molecule has 2 heterocycles. The second-order valence-corrected chi connectivity index (χ2v) is 11.8. The molecule has 0 saturated carbocycles. The van der Waals surface area contributed by atoms with Gasteiger partial charge in [0.2, 0.25) is 15.9 Å². The summed E-state index contributed by atoms with van der Waals surface area (Å²) in [7, 11) is -3.91. The molecule has 190 valence electrons. The predicted molar refractivity (Wildman–Crippen MR) is 144 cm³/mol. The Morgan fingerprint density at radius 2 is 1.97 bits per heavy atom. The molecule has 1 aliphatic heterocycles. The van der Waals surface area contributed by atoms with Crippen molar-refractivity contribution in [2.45, 2.75) is 43.4 Å². The highest BCUT2D eigenvalue weighted by atomic mass is 32.2. The number of sulfonamides is 1. The van der Waals surface area contributed by atoms with Gasteiger partial charge < -0.3 is 9.84 Å². The number of thioether (sulfide) groups is 1. The second kappa shape index (κ2) is 11.0. The standard InChI is InChI=1S/C27H31N3O4S2/c1-18-10-11-19(2)21(15-18)12-13-25-26(20(3)29-34-25)36(32,33)30-14-6-7-22(17-30)27(31)28-23-8-5-9-24(16-23)35-4/h5,8-13,15-16,22H,6-7,14,17H2,1-4H3,(H,28,31)/b13-12+/t22-/m1/s1. The maximum atomic E-state index is 13.7. The van der Waals surface area contributed by atoms with Crippen LogP contribution in [0, 0.1) is 26.7 Å². The number of hydrogen-bond acceptors (Lipinski definition) is 6. The number of aryl methyl sites for hydroxylation is 3. The smallest absolute Gasteiger partial charge is 0.248 e. The van der Waals surface area contributed by atoms with Crippen LogP contribution >= 0.6 is 11.8 Å². The summed E-state index contributed by atoms with van der Waals surface area (Å²) in [5.41, 5.74) is 4.18. The minimum atomic E-state index is -3.91. The van der Waals surface area contributed by atoms with E-state index in [4.69, 9.17) is 4.52 Å². The first-order valence-electron chi connectivity index (χ1n) is 11.9. The van der Waals surface area contributed by atoms with Crippen LogP contribution in [0.5, 0.6) is 0 Å². The van der Waals surface area contributed by atoms with E-state index in [1.807, 2.05) is 68.6 Å². The molecule has 0 unspecified atom stereocenters. The monoisotopic (exact) mass is 525 g/mol. The van der Waals surface area contributed by atoms with Crippen LogP contribution < -0.4 is 5.32 Å². The van der Waals surface area contributed by atoms with Crippen molar-refractivity contribution in [3.05, 3.63) is 70.6 Å². The number of aromatic nitrogens is 1. The van der Waals surface area contributed by atoms with Crippen molar-refractivity contribution < 1.29 is 17.7 Å². The summed E-state index contributed by atoms with van der Waals surface area (Å²) in [6.45, 7) is 6.09. The van der Waals surface area contributed by atoms with Crippen molar-refractivity contribution in [1.29, 1.82) is 0 Å². The molecule has 1 amide bonds. The summed E-state index contributed by atoms with van der Waals surface area (Å²) < 4.78 is 34.2. The van der Waals surface area contributed by atoms with Gasteiger partial charge in [-0.25, -0.2) is 8.42 Å². The number of nitrogens with one attached hydrogen (secondary N) is 1. The Labute approximate surface area is 217 Å². The molecular weight excluding hydrogens is 494 g/mol. The summed E-state index contributed by atoms with van der Waals surface area (Å²) in [4.78, 5) is 14.1. The molecule has 1 N–H and O–H groups in total. The summed E-state index contributed by atoms with van der Waals surface area (Å²) in [6, 6.07) is 13.7. The number of carbonyl (C=O) groups is 1. The molecule has 0 bridgehead atoms. The van der Waals surface area contributed by atoms with Gasteiger partial charge in [0, 0.05) is 23.7 Å². The lowest BCUT2D eigenvalue weighted by Crippen LogP contribution is -2.43. The van der Waals surface area contributed by atoms with Gasteiger partial charge in [-0.2, -0.15) is 4.31 Å². The number of benzene rings is 2. The molecule has 1 aromatic heterocycles. The number of rotatable bonds is 7. The van der Waals surface area contributed by atoms with Gasteiger partial charge in [0.15, 0.2) is 10.7 Å². The molecule has 7 nitrogen and oxygen atoms in total. The van der Waals surface area contributed by atoms with Gasteiger partial charge in [-0.1, -0.05) is 41.1 Å². The van der Waals surface area contributed by atoms with Gasteiger partial charge in [0.25, 0.3) is 0 Å². The van der Waals surface area contributed by atoms with Crippen LogP contribution in [0.15, 0.2) is 56.8 Å². The Morgan fingerprint density at radius 3 is 2.75 bits per heavy atom. The zero-order valence-corrected chi connectivity index (χ0v) is 22.6. The number of piperidine rings is 1. The summed E-state index contributed by atoms with van der Waals surface area (Å²) in [5, 5.41) is 6.89. The van der Waals surface area contributed by atoms with Crippen molar-refractivity contribution in [3.8, 4) is 0 Å². The molecule has 1 fully saturated rings. The van der Waals surface area contributed by atoms with Crippen LogP contribution in [0.2, 0.25) is 0 Å². The lowest BCUT2D eigenvalue weighted by Gasteiger charge is -2.31. The third-order valence-electron chi connectivity index (χ3n) is 6.37. The van der Waals surface area contributed by atoms with Crippen LogP contribution in [0.3, 0.4) is 0 Å². The van der Waals surface area contributed by atoms with Crippen LogP contribution in [0.4, 0.5) is 5.69 Å². The maximum Gasteiger partial charge on any atom is 0.248 e. The molecule has 1 aliphatic rings. The maximum absolute atomic E-state index is 13.7. The number of hydrogen-bond donors (Lipinski definition) is 1. The highest BCUT2D eigenvalue weighted by Gasteiger charge is 2.37. The largest absolute Gasteiger partial charge is 0.355 e. The van der Waals surface area contributed by atoms with E-state index in [1.165, 1.54) is 4.31 Å². The Morgan fingerprint density at radius 1 is 1.17 bits per heavy atom. The van der Waals surface area contributed by atoms with Crippen molar-refractivity contribution in [1.82, 2.24) is 9.46 Å². The number of amides is 1. The quantitative estimate of drug-likeness (QED) is 0.408. The van der Waals surface area contributed by atoms with Crippen molar-refractivity contribution in [2.75, 3.05) is 24.7 Å². The molecule has 9 heteroatoms. The van der Waals surface area contributed by atoms with Crippen LogP contribution in [-0.2, 0) is 14.8 Å². The van der Waals surface area contributed by atoms with Crippen molar-refractivity contribution in [2.24, 2.45) is 5.92 Å². The number of carbonyl (C=O) groups excluding carboxylic acids is 1. The molecule has 4 rings (SSSR count). The van der Waals surface area contributed by atoms with E-state index in [-0.39, 0.29) is 23.1 Å². The summed E-state index contributed by atoms with van der Waals surface area (Å²) in [6.07, 6.45) is 6.70. The van der Waals surface area contributed by atoms with E-state index in [9.17, 15) is 13.2 Å². The van der Waals surface area contributed by atoms with Crippen molar-refractivity contribution >= 4 is 45.5 Å². The van der Waals surface area contributed by atoms with Crippen LogP contribution in [0.25, 0.3) is 12.2 Å². The van der Waals surface area contributed by atoms with Gasteiger partial charge in [-0.15, -0.1) is 11.8 Å². The molecule has 1 atom stereocenters. The molecule has 0 spiro atoms. The lowest BCUT2D eigenvalue weighted by molar-refractivity contribution is -0.120. The Kier molecular flexibility index (Phi) is 8.02. The normalized spacial score (nSPS) is 16.9. The van der Waals surface area contributed by atoms with Crippen molar-refractivity contribution in [3.63, 3.8) is 0 Å². The van der Waals surface area contributed by atoms with E-state index in [1.54, 1.807) is 24.8 Å². The lowest BCUT2D eigenvalue weighted by atomic mass is 9.99. The average Bonchev–Trinajstić information content (AvgIpc) is 3.25. The van der Waals surface area contributed by atoms with E-state index in [2.05, 4.69) is 10.5 Å². The van der Waals surface area contributed by atoms with Crippen LogP contribution in [-0.4, -0.2) is 43.1 Å².